The lowest BCUT2D eigenvalue weighted by Gasteiger charge is -2.13. The van der Waals surface area contributed by atoms with Crippen molar-refractivity contribution >= 4 is 11.8 Å². The van der Waals surface area contributed by atoms with Crippen molar-refractivity contribution in [3.63, 3.8) is 0 Å². The molecule has 0 amide bonds. The average Bonchev–Trinajstić information content (AvgIpc) is 2.72. The van der Waals surface area contributed by atoms with Crippen LogP contribution in [-0.2, 0) is 11.3 Å². The van der Waals surface area contributed by atoms with Crippen molar-refractivity contribution in [1.29, 1.82) is 0 Å². The summed E-state index contributed by atoms with van der Waals surface area (Å²) in [4.78, 5) is 0. The third-order valence-corrected chi connectivity index (χ3v) is 4.28. The summed E-state index contributed by atoms with van der Waals surface area (Å²) in [5.41, 5.74) is 7.24. The first-order chi connectivity index (χ1) is 7.86. The fraction of sp³-hybridized carbons (Fsp3) is 0.538. The fourth-order valence-corrected chi connectivity index (χ4v) is 3.31. The van der Waals surface area contributed by atoms with Crippen LogP contribution in [-0.4, -0.2) is 24.2 Å². The number of hydrogen-bond acceptors (Lipinski definition) is 3. The summed E-state index contributed by atoms with van der Waals surface area (Å²) in [5, 5.41) is 0. The number of thioether (sulfide) groups is 1. The Morgan fingerprint density at radius 2 is 2.06 bits per heavy atom. The largest absolute Gasteiger partial charge is 0.377 e. The van der Waals surface area contributed by atoms with Crippen LogP contribution < -0.4 is 5.73 Å². The lowest BCUT2D eigenvalue weighted by atomic mass is 10.0. The van der Waals surface area contributed by atoms with Crippen LogP contribution in [0.4, 0.5) is 0 Å². The molecule has 0 saturated carbocycles. The monoisotopic (exact) mass is 237 g/mol. The number of benzene rings is 1. The fourth-order valence-electron chi connectivity index (χ4n) is 1.91. The Morgan fingerprint density at radius 3 is 2.75 bits per heavy atom. The average molecular weight is 237 g/mol. The van der Waals surface area contributed by atoms with E-state index in [1.165, 1.54) is 11.3 Å². The van der Waals surface area contributed by atoms with E-state index in [1.54, 1.807) is 0 Å². The quantitative estimate of drug-likeness (QED) is 0.798. The van der Waals surface area contributed by atoms with Gasteiger partial charge in [0, 0.05) is 18.4 Å². The summed E-state index contributed by atoms with van der Waals surface area (Å²) in [6.07, 6.45) is 1.10. The Kier molecular flexibility index (Phi) is 4.69. The van der Waals surface area contributed by atoms with Crippen molar-refractivity contribution in [3.8, 4) is 0 Å². The topological polar surface area (TPSA) is 35.2 Å². The molecule has 0 aliphatic carbocycles. The SMILES string of the molecule is NC1CSCC1CCOCc1ccccc1. The normalized spacial score (nSPS) is 24.8. The van der Waals surface area contributed by atoms with E-state index in [4.69, 9.17) is 10.5 Å². The van der Waals surface area contributed by atoms with E-state index in [0.29, 0.717) is 12.0 Å². The maximum atomic E-state index is 6.00. The zero-order chi connectivity index (χ0) is 11.2. The molecule has 0 aromatic heterocycles. The van der Waals surface area contributed by atoms with Crippen molar-refractivity contribution in [2.24, 2.45) is 11.7 Å². The van der Waals surface area contributed by atoms with Gasteiger partial charge < -0.3 is 10.5 Å². The molecule has 1 fully saturated rings. The van der Waals surface area contributed by atoms with Crippen LogP contribution in [0.3, 0.4) is 0 Å². The van der Waals surface area contributed by atoms with Crippen LogP contribution >= 0.6 is 11.8 Å². The van der Waals surface area contributed by atoms with Crippen LogP contribution in [0.5, 0.6) is 0 Å². The van der Waals surface area contributed by atoms with Gasteiger partial charge in [0.1, 0.15) is 0 Å². The lowest BCUT2D eigenvalue weighted by Crippen LogP contribution is -2.29. The molecule has 16 heavy (non-hydrogen) atoms. The minimum absolute atomic E-state index is 0.380. The summed E-state index contributed by atoms with van der Waals surface area (Å²) in [6.45, 7) is 1.55. The van der Waals surface area contributed by atoms with Gasteiger partial charge in [-0.2, -0.15) is 11.8 Å². The third kappa shape index (κ3) is 3.51. The number of nitrogens with two attached hydrogens (primary N) is 1. The molecule has 1 saturated heterocycles. The first-order valence-electron chi connectivity index (χ1n) is 5.81. The molecule has 1 heterocycles. The Labute approximate surface area is 102 Å². The van der Waals surface area contributed by atoms with Crippen LogP contribution in [0.2, 0.25) is 0 Å². The highest BCUT2D eigenvalue weighted by molar-refractivity contribution is 7.99. The van der Waals surface area contributed by atoms with Crippen molar-refractivity contribution in [3.05, 3.63) is 35.9 Å². The molecule has 2 N–H and O–H groups in total. The summed E-state index contributed by atoms with van der Waals surface area (Å²) in [6, 6.07) is 10.7. The molecule has 1 aliphatic heterocycles. The van der Waals surface area contributed by atoms with Crippen LogP contribution in [0.25, 0.3) is 0 Å². The van der Waals surface area contributed by atoms with E-state index in [-0.39, 0.29) is 0 Å². The second-order valence-electron chi connectivity index (χ2n) is 4.29. The standard InChI is InChI=1S/C13H19NOS/c14-13-10-16-9-12(13)6-7-15-8-11-4-2-1-3-5-11/h1-5,12-13H,6-10,14H2. The predicted octanol–water partition coefficient (Wildman–Crippen LogP) is 2.28. The Hall–Kier alpha value is -0.510. The molecule has 1 aromatic rings. The predicted molar refractivity (Wildman–Crippen MR) is 69.5 cm³/mol. The number of rotatable bonds is 5. The molecule has 2 nitrogen and oxygen atoms in total. The third-order valence-electron chi connectivity index (χ3n) is 2.99. The van der Waals surface area contributed by atoms with Gasteiger partial charge in [0.15, 0.2) is 0 Å². The summed E-state index contributed by atoms with van der Waals surface area (Å²) < 4.78 is 5.67. The first kappa shape index (κ1) is 12.0. The molecule has 3 heteroatoms. The molecular weight excluding hydrogens is 218 g/mol. The number of ether oxygens (including phenoxy) is 1. The van der Waals surface area contributed by atoms with E-state index in [0.717, 1.165) is 25.4 Å². The van der Waals surface area contributed by atoms with Gasteiger partial charge in [-0.1, -0.05) is 30.3 Å². The highest BCUT2D eigenvalue weighted by atomic mass is 32.2. The first-order valence-corrected chi connectivity index (χ1v) is 6.97. The summed E-state index contributed by atoms with van der Waals surface area (Å²) >= 11 is 1.96. The molecule has 1 aliphatic rings. The maximum absolute atomic E-state index is 6.00. The maximum Gasteiger partial charge on any atom is 0.0716 e. The molecule has 0 bridgehead atoms. The molecule has 1 aromatic carbocycles. The number of hydrogen-bond donors (Lipinski definition) is 1. The van der Waals surface area contributed by atoms with Crippen LogP contribution in [0.1, 0.15) is 12.0 Å². The lowest BCUT2D eigenvalue weighted by molar-refractivity contribution is 0.108. The zero-order valence-corrected chi connectivity index (χ0v) is 10.3. The highest BCUT2D eigenvalue weighted by Crippen LogP contribution is 2.25. The summed E-state index contributed by atoms with van der Waals surface area (Å²) in [5.74, 6) is 2.97. The summed E-state index contributed by atoms with van der Waals surface area (Å²) in [7, 11) is 0. The molecule has 0 spiro atoms. The molecular formula is C13H19NOS. The van der Waals surface area contributed by atoms with Gasteiger partial charge in [-0.25, -0.2) is 0 Å². The zero-order valence-electron chi connectivity index (χ0n) is 9.47. The van der Waals surface area contributed by atoms with Gasteiger partial charge in [0.2, 0.25) is 0 Å². The minimum Gasteiger partial charge on any atom is -0.377 e. The molecule has 2 atom stereocenters. The van der Waals surface area contributed by atoms with Crippen LogP contribution in [0, 0.1) is 5.92 Å². The van der Waals surface area contributed by atoms with Gasteiger partial charge in [0.25, 0.3) is 0 Å². The molecule has 2 rings (SSSR count). The smallest absolute Gasteiger partial charge is 0.0716 e. The van der Waals surface area contributed by atoms with Gasteiger partial charge in [-0.05, 0) is 23.7 Å². The Morgan fingerprint density at radius 1 is 1.25 bits per heavy atom. The van der Waals surface area contributed by atoms with E-state index in [2.05, 4.69) is 12.1 Å². The van der Waals surface area contributed by atoms with Crippen molar-refractivity contribution in [2.45, 2.75) is 19.1 Å². The Bertz CT molecular complexity index is 304. The van der Waals surface area contributed by atoms with E-state index in [9.17, 15) is 0 Å². The van der Waals surface area contributed by atoms with Gasteiger partial charge >= 0.3 is 0 Å². The van der Waals surface area contributed by atoms with Gasteiger partial charge in [-0.15, -0.1) is 0 Å². The second-order valence-corrected chi connectivity index (χ2v) is 5.36. The van der Waals surface area contributed by atoms with Gasteiger partial charge in [0.05, 0.1) is 6.61 Å². The molecule has 2 unspecified atom stereocenters. The highest BCUT2D eigenvalue weighted by Gasteiger charge is 2.23. The van der Waals surface area contributed by atoms with Crippen molar-refractivity contribution in [2.75, 3.05) is 18.1 Å². The van der Waals surface area contributed by atoms with E-state index >= 15 is 0 Å². The minimum atomic E-state index is 0.380. The Balaban J connectivity index is 1.62. The van der Waals surface area contributed by atoms with Gasteiger partial charge in [-0.3, -0.25) is 0 Å². The van der Waals surface area contributed by atoms with Crippen LogP contribution in [0.15, 0.2) is 30.3 Å². The van der Waals surface area contributed by atoms with E-state index < -0.39 is 0 Å². The second kappa shape index (κ2) is 6.28. The van der Waals surface area contributed by atoms with Crippen molar-refractivity contribution < 1.29 is 4.74 Å². The van der Waals surface area contributed by atoms with Crippen molar-refractivity contribution in [1.82, 2.24) is 0 Å². The molecule has 88 valence electrons. The van der Waals surface area contributed by atoms with E-state index in [1.807, 2.05) is 30.0 Å². The molecule has 0 radical (unpaired) electrons.